The number of benzene rings is 1. The fourth-order valence-electron chi connectivity index (χ4n) is 2.31. The third-order valence-electron chi connectivity index (χ3n) is 3.39. The molecule has 21 heavy (non-hydrogen) atoms. The Bertz CT molecular complexity index is 661. The number of thiophene rings is 1. The Morgan fingerprint density at radius 3 is 2.86 bits per heavy atom. The lowest BCUT2D eigenvalue weighted by Crippen LogP contribution is -2.19. The number of nitrogens with zero attached hydrogens (tertiary/aromatic N) is 1. The predicted octanol–water partition coefficient (Wildman–Crippen LogP) is 5.18. The van der Waals surface area contributed by atoms with Crippen LogP contribution in [0, 0.1) is 0 Å². The Labute approximate surface area is 133 Å². The van der Waals surface area contributed by atoms with E-state index in [1.165, 1.54) is 21.9 Å². The Hall–Kier alpha value is -1.52. The Morgan fingerprint density at radius 2 is 2.10 bits per heavy atom. The molecule has 0 aliphatic carbocycles. The molecule has 0 fully saturated rings. The summed E-state index contributed by atoms with van der Waals surface area (Å²) in [5.74, 6) is 0.0989. The Kier molecular flexibility index (Phi) is 4.46. The van der Waals surface area contributed by atoms with Crippen LogP contribution in [0.15, 0.2) is 57.8 Å². The maximum atomic E-state index is 12.3. The van der Waals surface area contributed by atoms with Gasteiger partial charge in [-0.3, -0.25) is 4.79 Å². The molecular formula is C17H17NOS2. The van der Waals surface area contributed by atoms with Crippen molar-refractivity contribution in [3.63, 3.8) is 0 Å². The SMILES string of the molecule is CCCCN1C(=CC(=O)c2cccs2)Sc2ccccc21. The zero-order chi connectivity index (χ0) is 14.7. The lowest BCUT2D eigenvalue weighted by Gasteiger charge is -2.19. The van der Waals surface area contributed by atoms with E-state index in [4.69, 9.17) is 0 Å². The van der Waals surface area contributed by atoms with Crippen molar-refractivity contribution in [3.8, 4) is 0 Å². The predicted molar refractivity (Wildman–Crippen MR) is 91.3 cm³/mol. The van der Waals surface area contributed by atoms with Gasteiger partial charge in [0.25, 0.3) is 0 Å². The molecule has 1 aliphatic heterocycles. The van der Waals surface area contributed by atoms with Crippen molar-refractivity contribution < 1.29 is 4.79 Å². The first kappa shape index (κ1) is 14.4. The first-order valence-electron chi connectivity index (χ1n) is 7.13. The molecule has 0 unspecified atom stereocenters. The van der Waals surface area contributed by atoms with Gasteiger partial charge < -0.3 is 4.90 Å². The van der Waals surface area contributed by atoms with Crippen molar-refractivity contribution in [2.75, 3.05) is 11.4 Å². The summed E-state index contributed by atoms with van der Waals surface area (Å²) in [6.07, 6.45) is 4.06. The summed E-state index contributed by atoms with van der Waals surface area (Å²) in [4.78, 5) is 16.6. The van der Waals surface area contributed by atoms with Crippen LogP contribution in [0.3, 0.4) is 0 Å². The molecule has 4 heteroatoms. The minimum absolute atomic E-state index is 0.0989. The Balaban J connectivity index is 1.89. The highest BCUT2D eigenvalue weighted by Gasteiger charge is 2.25. The zero-order valence-corrected chi connectivity index (χ0v) is 13.5. The number of rotatable bonds is 5. The average Bonchev–Trinajstić information content (AvgIpc) is 3.13. The van der Waals surface area contributed by atoms with Crippen molar-refractivity contribution in [1.29, 1.82) is 0 Å². The number of thioether (sulfide) groups is 1. The van der Waals surface area contributed by atoms with Crippen molar-refractivity contribution >= 4 is 34.6 Å². The maximum absolute atomic E-state index is 12.3. The number of unbranched alkanes of at least 4 members (excludes halogenated alkanes) is 1. The van der Waals surface area contributed by atoms with E-state index < -0.39 is 0 Å². The number of fused-ring (bicyclic) bond motifs is 1. The first-order valence-corrected chi connectivity index (χ1v) is 8.83. The normalized spacial score (nSPS) is 15.5. The van der Waals surface area contributed by atoms with Crippen LogP contribution in [0.25, 0.3) is 0 Å². The van der Waals surface area contributed by atoms with Crippen molar-refractivity contribution in [3.05, 3.63) is 57.8 Å². The number of ketones is 1. The molecule has 1 aromatic carbocycles. The summed E-state index contributed by atoms with van der Waals surface area (Å²) in [5, 5.41) is 2.99. The molecule has 0 N–H and O–H groups in total. The molecule has 0 amide bonds. The van der Waals surface area contributed by atoms with Crippen molar-refractivity contribution in [2.24, 2.45) is 0 Å². The summed E-state index contributed by atoms with van der Waals surface area (Å²) in [5.41, 5.74) is 1.22. The molecular weight excluding hydrogens is 298 g/mol. The van der Waals surface area contributed by atoms with E-state index >= 15 is 0 Å². The van der Waals surface area contributed by atoms with E-state index in [2.05, 4.69) is 30.0 Å². The first-order chi connectivity index (χ1) is 10.3. The molecule has 0 bridgehead atoms. The number of para-hydroxylation sites is 1. The van der Waals surface area contributed by atoms with Gasteiger partial charge in [-0.1, -0.05) is 43.3 Å². The van der Waals surface area contributed by atoms with E-state index in [1.54, 1.807) is 17.8 Å². The van der Waals surface area contributed by atoms with Gasteiger partial charge >= 0.3 is 0 Å². The van der Waals surface area contributed by atoms with Crippen molar-refractivity contribution in [2.45, 2.75) is 24.7 Å². The summed E-state index contributed by atoms with van der Waals surface area (Å²) in [6.45, 7) is 3.15. The fraction of sp³-hybridized carbons (Fsp3) is 0.235. The molecule has 0 spiro atoms. The topological polar surface area (TPSA) is 20.3 Å². The molecule has 108 valence electrons. The van der Waals surface area contributed by atoms with Crippen LogP contribution in [-0.4, -0.2) is 12.3 Å². The molecule has 0 atom stereocenters. The van der Waals surface area contributed by atoms with Crippen LogP contribution in [0.5, 0.6) is 0 Å². The number of carbonyl (C=O) groups is 1. The molecule has 2 nitrogen and oxygen atoms in total. The number of allylic oxidation sites excluding steroid dienone is 1. The molecule has 2 aromatic rings. The second-order valence-electron chi connectivity index (χ2n) is 4.90. The van der Waals surface area contributed by atoms with Gasteiger partial charge in [0.2, 0.25) is 0 Å². The molecule has 0 radical (unpaired) electrons. The number of anilines is 1. The van der Waals surface area contributed by atoms with Crippen LogP contribution < -0.4 is 4.90 Å². The van der Waals surface area contributed by atoms with Crippen LogP contribution in [0.4, 0.5) is 5.69 Å². The summed E-state index contributed by atoms with van der Waals surface area (Å²) >= 11 is 3.19. The molecule has 3 rings (SSSR count). The number of hydrogen-bond acceptors (Lipinski definition) is 4. The third kappa shape index (κ3) is 3.06. The van der Waals surface area contributed by atoms with Gasteiger partial charge in [0, 0.05) is 17.5 Å². The molecule has 1 aromatic heterocycles. The Morgan fingerprint density at radius 1 is 1.24 bits per heavy atom. The van der Waals surface area contributed by atoms with Gasteiger partial charge in [0.15, 0.2) is 5.78 Å². The molecule has 0 saturated carbocycles. The highest BCUT2D eigenvalue weighted by Crippen LogP contribution is 2.45. The van der Waals surface area contributed by atoms with E-state index in [-0.39, 0.29) is 5.78 Å². The second-order valence-corrected chi connectivity index (χ2v) is 6.91. The summed E-state index contributed by atoms with van der Waals surface area (Å²) in [6, 6.07) is 12.2. The number of hydrogen-bond donors (Lipinski definition) is 0. The van der Waals surface area contributed by atoms with Crippen LogP contribution in [0.2, 0.25) is 0 Å². The van der Waals surface area contributed by atoms with Gasteiger partial charge in [0.1, 0.15) is 0 Å². The smallest absolute Gasteiger partial charge is 0.198 e. The fourth-order valence-corrected chi connectivity index (χ4v) is 4.07. The third-order valence-corrected chi connectivity index (χ3v) is 5.39. The maximum Gasteiger partial charge on any atom is 0.198 e. The van der Waals surface area contributed by atoms with Crippen molar-refractivity contribution in [1.82, 2.24) is 0 Å². The molecule has 2 heterocycles. The summed E-state index contributed by atoms with van der Waals surface area (Å²) in [7, 11) is 0. The molecule has 1 aliphatic rings. The van der Waals surface area contributed by atoms with E-state index in [1.807, 2.05) is 23.6 Å². The average molecular weight is 315 g/mol. The van der Waals surface area contributed by atoms with E-state index in [0.717, 1.165) is 29.3 Å². The quantitative estimate of drug-likeness (QED) is 0.560. The summed E-state index contributed by atoms with van der Waals surface area (Å²) < 4.78 is 0. The van der Waals surface area contributed by atoms with Gasteiger partial charge in [0.05, 0.1) is 15.6 Å². The largest absolute Gasteiger partial charge is 0.335 e. The van der Waals surface area contributed by atoms with Gasteiger partial charge in [-0.25, -0.2) is 0 Å². The standard InChI is InChI=1S/C17H17NOS2/c1-2-3-10-18-13-7-4-5-8-15(13)21-17(18)12-14(19)16-9-6-11-20-16/h4-9,11-12H,2-3,10H2,1H3. The highest BCUT2D eigenvalue weighted by atomic mass is 32.2. The minimum atomic E-state index is 0.0989. The van der Waals surface area contributed by atoms with Crippen LogP contribution >= 0.6 is 23.1 Å². The van der Waals surface area contributed by atoms with Gasteiger partial charge in [-0.15, -0.1) is 11.3 Å². The van der Waals surface area contributed by atoms with Crippen LogP contribution in [0.1, 0.15) is 29.4 Å². The lowest BCUT2D eigenvalue weighted by atomic mass is 10.2. The van der Waals surface area contributed by atoms with Gasteiger partial charge in [-0.2, -0.15) is 0 Å². The zero-order valence-electron chi connectivity index (χ0n) is 11.9. The van der Waals surface area contributed by atoms with Gasteiger partial charge in [-0.05, 0) is 30.0 Å². The highest BCUT2D eigenvalue weighted by molar-refractivity contribution is 8.03. The van der Waals surface area contributed by atoms with E-state index in [9.17, 15) is 4.79 Å². The minimum Gasteiger partial charge on any atom is -0.335 e. The van der Waals surface area contributed by atoms with E-state index in [0.29, 0.717) is 0 Å². The van der Waals surface area contributed by atoms with Crippen LogP contribution in [-0.2, 0) is 0 Å². The molecule has 0 saturated heterocycles. The lowest BCUT2D eigenvalue weighted by molar-refractivity contribution is 0.105. The monoisotopic (exact) mass is 315 g/mol. The second kappa shape index (κ2) is 6.50. The number of carbonyl (C=O) groups excluding carboxylic acids is 1.